The molecule has 3 aromatic heterocycles. The van der Waals surface area contributed by atoms with Gasteiger partial charge in [-0.2, -0.15) is 15.3 Å². The Morgan fingerprint density at radius 1 is 1.10 bits per heavy atom. The number of nitrogens with one attached hydrogen (secondary N) is 1. The van der Waals surface area contributed by atoms with Gasteiger partial charge in [-0.1, -0.05) is 47.2 Å². The van der Waals surface area contributed by atoms with Crippen LogP contribution in [0.5, 0.6) is 0 Å². The zero-order chi connectivity index (χ0) is 29.4. The first-order chi connectivity index (χ1) is 20.3. The molecule has 1 aliphatic rings. The number of halogens is 2. The minimum absolute atomic E-state index is 0.0219. The maximum atomic E-state index is 14.6. The topological polar surface area (TPSA) is 162 Å². The van der Waals surface area contributed by atoms with E-state index in [0.29, 0.717) is 26.5 Å². The molecule has 1 aliphatic heterocycles. The van der Waals surface area contributed by atoms with Crippen molar-refractivity contribution in [2.45, 2.75) is 25.2 Å². The molecule has 5 aromatic rings. The highest BCUT2D eigenvalue weighted by Gasteiger charge is 2.40. The molecule has 1 saturated heterocycles. The van der Waals surface area contributed by atoms with Gasteiger partial charge in [0.05, 0.1) is 29.5 Å². The zero-order valence-electron chi connectivity index (χ0n) is 21.6. The normalized spacial score (nSPS) is 16.6. The first-order valence-electron chi connectivity index (χ1n) is 12.7. The second-order valence-corrected chi connectivity index (χ2v) is 10.9. The standard InChI is InChI=1S/C27H21ClFN9O3S/c28-19-4-2-1-3-17(19)26-34-35-27(42-26)33-25(41)21-10-16(29)12-37(21)22(39)13-38-20-6-5-14(15-7-8-31-32-11-15)9-18(20)23(36-38)24(30)40/h1-9,11,16,21H,10,12-13H2,(H2,30,40)(H,33,35,41). The molecule has 2 atom stereocenters. The molecule has 2 unspecified atom stereocenters. The highest BCUT2D eigenvalue weighted by Crippen LogP contribution is 2.32. The SMILES string of the molecule is NC(=O)c1nn(CC(=O)N2CC(F)CC2C(=O)Nc2nnc(-c3ccccc3Cl)s2)c2ccc(-c3ccnnc3)cc12. The van der Waals surface area contributed by atoms with Crippen molar-refractivity contribution in [3.05, 3.63) is 71.6 Å². The predicted octanol–water partition coefficient (Wildman–Crippen LogP) is 3.34. The number of carbonyl (C=O) groups excluding carboxylic acids is 3. The number of anilines is 1. The van der Waals surface area contributed by atoms with Crippen LogP contribution in [0.3, 0.4) is 0 Å². The summed E-state index contributed by atoms with van der Waals surface area (Å²) >= 11 is 7.34. The summed E-state index contributed by atoms with van der Waals surface area (Å²) in [6.45, 7) is -0.606. The number of hydrogen-bond donors (Lipinski definition) is 2. The summed E-state index contributed by atoms with van der Waals surface area (Å²) in [6, 6.07) is 13.0. The van der Waals surface area contributed by atoms with Crippen LogP contribution in [0, 0.1) is 0 Å². The van der Waals surface area contributed by atoms with Crippen LogP contribution in [-0.2, 0) is 16.1 Å². The van der Waals surface area contributed by atoms with Crippen molar-refractivity contribution < 1.29 is 18.8 Å². The van der Waals surface area contributed by atoms with Crippen LogP contribution < -0.4 is 11.1 Å². The van der Waals surface area contributed by atoms with Gasteiger partial charge < -0.3 is 10.6 Å². The van der Waals surface area contributed by atoms with Crippen LogP contribution in [0.15, 0.2) is 60.9 Å². The molecule has 4 heterocycles. The minimum Gasteiger partial charge on any atom is -0.364 e. The highest BCUT2D eigenvalue weighted by molar-refractivity contribution is 7.18. The molecule has 6 rings (SSSR count). The van der Waals surface area contributed by atoms with E-state index in [4.69, 9.17) is 17.3 Å². The van der Waals surface area contributed by atoms with Gasteiger partial charge in [-0.25, -0.2) is 4.39 Å². The third kappa shape index (κ3) is 5.29. The largest absolute Gasteiger partial charge is 0.364 e. The molecular formula is C27H21ClFN9O3S. The third-order valence-electron chi connectivity index (χ3n) is 6.82. The highest BCUT2D eigenvalue weighted by atomic mass is 35.5. The van der Waals surface area contributed by atoms with Crippen LogP contribution in [0.2, 0.25) is 5.02 Å². The van der Waals surface area contributed by atoms with Gasteiger partial charge in [-0.05, 0) is 29.8 Å². The van der Waals surface area contributed by atoms with Crippen molar-refractivity contribution in [3.63, 3.8) is 0 Å². The molecular weight excluding hydrogens is 585 g/mol. The average Bonchev–Trinajstić information content (AvgIpc) is 3.71. The molecule has 0 spiro atoms. The predicted molar refractivity (Wildman–Crippen MR) is 153 cm³/mol. The number of nitrogens with zero attached hydrogens (tertiary/aromatic N) is 7. The number of benzene rings is 2. The van der Waals surface area contributed by atoms with Crippen molar-refractivity contribution in [1.82, 2.24) is 35.1 Å². The number of nitrogens with two attached hydrogens (primary N) is 1. The third-order valence-corrected chi connectivity index (χ3v) is 8.02. The van der Waals surface area contributed by atoms with E-state index in [9.17, 15) is 18.8 Å². The van der Waals surface area contributed by atoms with Gasteiger partial charge in [0.2, 0.25) is 16.9 Å². The van der Waals surface area contributed by atoms with Gasteiger partial charge in [-0.15, -0.1) is 10.2 Å². The lowest BCUT2D eigenvalue weighted by atomic mass is 10.0. The van der Waals surface area contributed by atoms with Crippen LogP contribution in [0.4, 0.5) is 9.52 Å². The van der Waals surface area contributed by atoms with Gasteiger partial charge in [0, 0.05) is 22.9 Å². The molecule has 0 aliphatic carbocycles. The Bertz CT molecular complexity index is 1830. The maximum Gasteiger partial charge on any atom is 0.269 e. The van der Waals surface area contributed by atoms with E-state index in [0.717, 1.165) is 22.5 Å². The van der Waals surface area contributed by atoms with Gasteiger partial charge in [-0.3, -0.25) is 24.4 Å². The number of carbonyl (C=O) groups is 3. The molecule has 0 radical (unpaired) electrons. The van der Waals surface area contributed by atoms with Gasteiger partial charge in [0.25, 0.3) is 5.91 Å². The molecule has 42 heavy (non-hydrogen) atoms. The summed E-state index contributed by atoms with van der Waals surface area (Å²) in [5.41, 5.74) is 8.20. The number of primary amides is 1. The number of rotatable bonds is 7. The minimum atomic E-state index is -1.40. The van der Waals surface area contributed by atoms with Crippen LogP contribution in [0.1, 0.15) is 16.9 Å². The number of aromatic nitrogens is 6. The van der Waals surface area contributed by atoms with Crippen molar-refractivity contribution in [1.29, 1.82) is 0 Å². The van der Waals surface area contributed by atoms with Crippen molar-refractivity contribution in [2.75, 3.05) is 11.9 Å². The lowest BCUT2D eigenvalue weighted by molar-refractivity contribution is -0.137. The van der Waals surface area contributed by atoms with E-state index in [1.54, 1.807) is 60.9 Å². The summed E-state index contributed by atoms with van der Waals surface area (Å²) in [5.74, 6) is -1.91. The number of amides is 3. The average molecular weight is 606 g/mol. The van der Waals surface area contributed by atoms with E-state index < -0.39 is 29.9 Å². The molecule has 1 fully saturated rings. The van der Waals surface area contributed by atoms with Gasteiger partial charge >= 0.3 is 0 Å². The summed E-state index contributed by atoms with van der Waals surface area (Å²) in [4.78, 5) is 39.9. The Morgan fingerprint density at radius 2 is 1.93 bits per heavy atom. The Hall–Kier alpha value is -4.82. The van der Waals surface area contributed by atoms with E-state index in [-0.39, 0.29) is 30.3 Å². The molecule has 12 nitrogen and oxygen atoms in total. The quantitative estimate of drug-likeness (QED) is 0.285. The Labute approximate surface area is 246 Å². The molecule has 0 saturated carbocycles. The van der Waals surface area contributed by atoms with E-state index in [2.05, 4.69) is 30.8 Å². The number of hydrogen-bond acceptors (Lipinski definition) is 9. The first-order valence-corrected chi connectivity index (χ1v) is 13.9. The Kier molecular flexibility index (Phi) is 7.31. The van der Waals surface area contributed by atoms with Gasteiger partial charge in [0.15, 0.2) is 10.7 Å². The second-order valence-electron chi connectivity index (χ2n) is 9.51. The molecule has 2 aromatic carbocycles. The molecule has 212 valence electrons. The Morgan fingerprint density at radius 3 is 2.69 bits per heavy atom. The summed E-state index contributed by atoms with van der Waals surface area (Å²) < 4.78 is 15.9. The number of alkyl halides is 1. The molecule has 15 heteroatoms. The zero-order valence-corrected chi connectivity index (χ0v) is 23.2. The van der Waals surface area contributed by atoms with Crippen molar-refractivity contribution >= 4 is 56.7 Å². The Balaban J connectivity index is 1.22. The van der Waals surface area contributed by atoms with E-state index >= 15 is 0 Å². The molecule has 3 amide bonds. The van der Waals surface area contributed by atoms with E-state index in [1.165, 1.54) is 9.58 Å². The number of likely N-dealkylation sites (tertiary alicyclic amines) is 1. The second kappa shape index (κ2) is 11.2. The fourth-order valence-corrected chi connectivity index (χ4v) is 5.92. The first kappa shape index (κ1) is 27.4. The lowest BCUT2D eigenvalue weighted by Crippen LogP contribution is -2.44. The van der Waals surface area contributed by atoms with E-state index in [1.807, 2.05) is 0 Å². The van der Waals surface area contributed by atoms with Crippen molar-refractivity contribution in [3.8, 4) is 21.7 Å². The lowest BCUT2D eigenvalue weighted by Gasteiger charge is -2.23. The van der Waals surface area contributed by atoms with Gasteiger partial charge in [0.1, 0.15) is 18.8 Å². The smallest absolute Gasteiger partial charge is 0.269 e. The van der Waals surface area contributed by atoms with Crippen LogP contribution >= 0.6 is 22.9 Å². The summed E-state index contributed by atoms with van der Waals surface area (Å²) in [6.07, 6.45) is 1.54. The summed E-state index contributed by atoms with van der Waals surface area (Å²) in [5, 5.41) is 24.2. The van der Waals surface area contributed by atoms with Crippen LogP contribution in [-0.4, -0.2) is 71.6 Å². The monoisotopic (exact) mass is 605 g/mol. The maximum absolute atomic E-state index is 14.6. The number of fused-ring (bicyclic) bond motifs is 1. The molecule has 3 N–H and O–H groups in total. The summed E-state index contributed by atoms with van der Waals surface area (Å²) in [7, 11) is 0. The fourth-order valence-electron chi connectivity index (χ4n) is 4.86. The fraction of sp³-hybridized carbons (Fsp3) is 0.185. The van der Waals surface area contributed by atoms with Crippen LogP contribution in [0.25, 0.3) is 32.6 Å². The van der Waals surface area contributed by atoms with Crippen molar-refractivity contribution in [2.24, 2.45) is 5.73 Å². The molecule has 0 bridgehead atoms.